The van der Waals surface area contributed by atoms with Crippen molar-refractivity contribution >= 4 is 22.7 Å². The lowest BCUT2D eigenvalue weighted by Gasteiger charge is -2.29. The Labute approximate surface area is 178 Å². The van der Waals surface area contributed by atoms with Gasteiger partial charge in [0.1, 0.15) is 30.2 Å². The van der Waals surface area contributed by atoms with E-state index >= 15 is 0 Å². The zero-order chi connectivity index (χ0) is 22.9. The number of nitrogens with zero attached hydrogens (tertiary/aromatic N) is 3. The van der Waals surface area contributed by atoms with E-state index in [0.29, 0.717) is 16.6 Å². The van der Waals surface area contributed by atoms with E-state index in [0.717, 1.165) is 6.33 Å². The average Bonchev–Trinajstić information content (AvgIpc) is 3.13. The van der Waals surface area contributed by atoms with Crippen LogP contribution in [0.4, 0.5) is 38.0 Å². The highest BCUT2D eigenvalue weighted by Crippen LogP contribution is 2.34. The normalized spacial score (nSPS) is 16.9. The third-order valence-electron chi connectivity index (χ3n) is 5.38. The van der Waals surface area contributed by atoms with Crippen molar-refractivity contribution < 1.29 is 26.3 Å². The molecule has 1 fully saturated rings. The monoisotopic (exact) mass is 458 g/mol. The lowest BCUT2D eigenvalue weighted by atomic mass is 9.92. The van der Waals surface area contributed by atoms with Crippen LogP contribution in [0.15, 0.2) is 24.7 Å². The lowest BCUT2D eigenvalue weighted by Crippen LogP contribution is -2.32. The Kier molecular flexibility index (Phi) is 5.87. The number of hydrogen-bond donors (Lipinski definition) is 3. The molecule has 3 heterocycles. The Balaban J connectivity index is 1.49. The van der Waals surface area contributed by atoms with E-state index < -0.39 is 24.6 Å². The van der Waals surface area contributed by atoms with Gasteiger partial charge >= 0.3 is 6.18 Å². The van der Waals surface area contributed by atoms with Crippen molar-refractivity contribution in [2.75, 3.05) is 17.2 Å². The van der Waals surface area contributed by atoms with Gasteiger partial charge in [0.15, 0.2) is 0 Å². The first-order chi connectivity index (χ1) is 15.1. The van der Waals surface area contributed by atoms with Crippen LogP contribution in [0.2, 0.25) is 0 Å². The molecular formula is C20H20F6N6. The van der Waals surface area contributed by atoms with Gasteiger partial charge in [0.25, 0.3) is 0 Å². The number of aromatic amines is 1. The first-order valence-corrected chi connectivity index (χ1v) is 10.0. The predicted molar refractivity (Wildman–Crippen MR) is 106 cm³/mol. The van der Waals surface area contributed by atoms with Crippen molar-refractivity contribution in [1.82, 2.24) is 19.9 Å². The molecule has 1 aliphatic carbocycles. The Hall–Kier alpha value is -3.05. The number of halogens is 6. The fourth-order valence-corrected chi connectivity index (χ4v) is 3.76. The van der Waals surface area contributed by atoms with Gasteiger partial charge in [0.2, 0.25) is 11.9 Å². The molecular weight excluding hydrogens is 438 g/mol. The summed E-state index contributed by atoms with van der Waals surface area (Å²) in [7, 11) is 0. The summed E-state index contributed by atoms with van der Waals surface area (Å²) in [4.78, 5) is 14.6. The third-order valence-corrected chi connectivity index (χ3v) is 5.38. The number of alkyl halides is 5. The predicted octanol–water partition coefficient (Wildman–Crippen LogP) is 5.05. The van der Waals surface area contributed by atoms with E-state index in [-0.39, 0.29) is 55.3 Å². The standard InChI is InChI=1S/C20H20F6N6/c21-16-11(1-2-14(32-16)31-13-3-5-19(22,23)6-4-13)7-12-8-27-17-15(12)18(30-10-29-17)28-9-20(24,25)26/h1-2,8,10,13H,3-7,9H2,(H,31,32)(H2,27,28,29,30). The molecule has 3 aromatic rings. The maximum atomic E-state index is 14.6. The Morgan fingerprint density at radius 1 is 1.09 bits per heavy atom. The minimum absolute atomic E-state index is 0.00988. The van der Waals surface area contributed by atoms with Crippen LogP contribution >= 0.6 is 0 Å². The fraction of sp³-hybridized carbons (Fsp3) is 0.450. The van der Waals surface area contributed by atoms with Crippen LogP contribution in [0, 0.1) is 5.95 Å². The minimum Gasteiger partial charge on any atom is -0.367 e. The molecule has 0 spiro atoms. The molecule has 0 saturated heterocycles. The van der Waals surface area contributed by atoms with E-state index in [4.69, 9.17) is 0 Å². The molecule has 0 atom stereocenters. The number of anilines is 2. The molecule has 0 unspecified atom stereocenters. The summed E-state index contributed by atoms with van der Waals surface area (Å²) >= 11 is 0. The van der Waals surface area contributed by atoms with Crippen molar-refractivity contribution in [3.05, 3.63) is 41.7 Å². The van der Waals surface area contributed by atoms with E-state index in [1.807, 2.05) is 0 Å². The van der Waals surface area contributed by atoms with Gasteiger partial charge in [-0.25, -0.2) is 23.7 Å². The summed E-state index contributed by atoms with van der Waals surface area (Å²) in [6.07, 6.45) is -1.64. The van der Waals surface area contributed by atoms with Crippen LogP contribution in [-0.4, -0.2) is 44.6 Å². The quantitative estimate of drug-likeness (QED) is 0.356. The summed E-state index contributed by atoms with van der Waals surface area (Å²) in [5.41, 5.74) is 1.04. The van der Waals surface area contributed by atoms with Gasteiger partial charge in [-0.05, 0) is 24.5 Å². The van der Waals surface area contributed by atoms with Gasteiger partial charge in [-0.2, -0.15) is 17.6 Å². The molecule has 6 nitrogen and oxygen atoms in total. The molecule has 4 rings (SSSR count). The smallest absolute Gasteiger partial charge is 0.367 e. The average molecular weight is 458 g/mol. The summed E-state index contributed by atoms with van der Waals surface area (Å²) in [6.45, 7) is -1.27. The van der Waals surface area contributed by atoms with Gasteiger partial charge in [-0.1, -0.05) is 6.07 Å². The molecule has 3 aromatic heterocycles. The minimum atomic E-state index is -4.43. The van der Waals surface area contributed by atoms with E-state index in [9.17, 15) is 26.3 Å². The van der Waals surface area contributed by atoms with Crippen LogP contribution in [0.1, 0.15) is 36.8 Å². The summed E-state index contributed by atoms with van der Waals surface area (Å²) in [5.74, 6) is -3.18. The second-order valence-electron chi connectivity index (χ2n) is 7.83. The molecule has 12 heteroatoms. The fourth-order valence-electron chi connectivity index (χ4n) is 3.76. The van der Waals surface area contributed by atoms with Gasteiger partial charge < -0.3 is 15.6 Å². The topological polar surface area (TPSA) is 78.5 Å². The van der Waals surface area contributed by atoms with Gasteiger partial charge in [0.05, 0.1) is 5.39 Å². The van der Waals surface area contributed by atoms with Crippen molar-refractivity contribution in [3.63, 3.8) is 0 Å². The van der Waals surface area contributed by atoms with Crippen molar-refractivity contribution in [1.29, 1.82) is 0 Å². The van der Waals surface area contributed by atoms with Crippen LogP contribution in [0.25, 0.3) is 11.0 Å². The van der Waals surface area contributed by atoms with Crippen LogP contribution in [0.3, 0.4) is 0 Å². The first kappa shape index (κ1) is 22.2. The second kappa shape index (κ2) is 8.47. The molecule has 32 heavy (non-hydrogen) atoms. The van der Waals surface area contributed by atoms with E-state index in [2.05, 4.69) is 30.6 Å². The molecule has 1 aliphatic rings. The lowest BCUT2D eigenvalue weighted by molar-refractivity contribution is -0.115. The number of pyridine rings is 1. The van der Waals surface area contributed by atoms with Gasteiger partial charge in [-0.15, -0.1) is 0 Å². The molecule has 172 valence electrons. The molecule has 0 amide bonds. The highest BCUT2D eigenvalue weighted by atomic mass is 19.4. The van der Waals surface area contributed by atoms with Gasteiger partial charge in [0, 0.05) is 37.1 Å². The van der Waals surface area contributed by atoms with Gasteiger partial charge in [-0.3, -0.25) is 0 Å². The summed E-state index contributed by atoms with van der Waals surface area (Å²) in [6, 6.07) is 2.85. The van der Waals surface area contributed by atoms with Crippen LogP contribution in [-0.2, 0) is 6.42 Å². The number of aromatic nitrogens is 4. The second-order valence-corrected chi connectivity index (χ2v) is 7.83. The zero-order valence-corrected chi connectivity index (χ0v) is 16.7. The van der Waals surface area contributed by atoms with E-state index in [1.54, 1.807) is 6.07 Å². The SMILES string of the molecule is Fc1nc(NC2CCC(F)(F)CC2)ccc1Cc1c[nH]c2ncnc(NCC(F)(F)F)c12. The Bertz CT molecular complexity index is 1090. The zero-order valence-electron chi connectivity index (χ0n) is 16.7. The number of hydrogen-bond acceptors (Lipinski definition) is 5. The molecule has 0 aliphatic heterocycles. The number of fused-ring (bicyclic) bond motifs is 1. The number of nitrogens with one attached hydrogen (secondary N) is 3. The molecule has 0 bridgehead atoms. The summed E-state index contributed by atoms with van der Waals surface area (Å²) in [5, 5.41) is 5.57. The maximum Gasteiger partial charge on any atom is 0.405 e. The van der Waals surface area contributed by atoms with Crippen LogP contribution < -0.4 is 10.6 Å². The van der Waals surface area contributed by atoms with Crippen LogP contribution in [0.5, 0.6) is 0 Å². The van der Waals surface area contributed by atoms with Crippen molar-refractivity contribution in [2.45, 2.75) is 50.2 Å². The van der Waals surface area contributed by atoms with Crippen molar-refractivity contribution in [2.24, 2.45) is 0 Å². The number of rotatable bonds is 6. The van der Waals surface area contributed by atoms with E-state index in [1.165, 1.54) is 12.3 Å². The third kappa shape index (κ3) is 5.22. The first-order valence-electron chi connectivity index (χ1n) is 10.0. The molecule has 1 saturated carbocycles. The largest absolute Gasteiger partial charge is 0.405 e. The molecule has 0 aromatic carbocycles. The highest BCUT2D eigenvalue weighted by Gasteiger charge is 2.35. The molecule has 3 N–H and O–H groups in total. The highest BCUT2D eigenvalue weighted by molar-refractivity contribution is 5.90. The molecule has 0 radical (unpaired) electrons. The maximum absolute atomic E-state index is 14.6. The Morgan fingerprint density at radius 3 is 2.53 bits per heavy atom. The Morgan fingerprint density at radius 2 is 1.84 bits per heavy atom. The van der Waals surface area contributed by atoms with Crippen molar-refractivity contribution in [3.8, 4) is 0 Å². The summed E-state index contributed by atoms with van der Waals surface area (Å²) < 4.78 is 79.0. The number of H-pyrrole nitrogens is 1.